The lowest BCUT2D eigenvalue weighted by Gasteiger charge is -2.14. The largest absolute Gasteiger partial charge is 0.126 e. The molecular formula is C17H24S. The summed E-state index contributed by atoms with van der Waals surface area (Å²) in [5, 5.41) is 0. The summed E-state index contributed by atoms with van der Waals surface area (Å²) in [5.41, 5.74) is 1.13. The van der Waals surface area contributed by atoms with Crippen molar-refractivity contribution in [3.05, 3.63) is 29.8 Å². The van der Waals surface area contributed by atoms with E-state index >= 15 is 0 Å². The van der Waals surface area contributed by atoms with Crippen LogP contribution in [-0.4, -0.2) is 5.75 Å². The topological polar surface area (TPSA) is 0 Å². The third kappa shape index (κ3) is 5.65. The van der Waals surface area contributed by atoms with Crippen LogP contribution in [0.15, 0.2) is 29.2 Å². The number of benzene rings is 1. The second-order valence-corrected chi connectivity index (χ2v) is 5.75. The fraction of sp³-hybridized carbons (Fsp3) is 0.529. The molecule has 18 heavy (non-hydrogen) atoms. The van der Waals surface area contributed by atoms with E-state index in [1.165, 1.54) is 36.3 Å². The summed E-state index contributed by atoms with van der Waals surface area (Å²) >= 11 is 1.98. The van der Waals surface area contributed by atoms with Crippen molar-refractivity contribution in [2.24, 2.45) is 5.92 Å². The summed E-state index contributed by atoms with van der Waals surface area (Å²) in [4.78, 5) is 1.35. The van der Waals surface area contributed by atoms with Crippen LogP contribution in [0, 0.1) is 17.8 Å². The first-order valence-corrected chi connectivity index (χ1v) is 7.94. The van der Waals surface area contributed by atoms with Crippen molar-refractivity contribution in [1.82, 2.24) is 0 Å². The van der Waals surface area contributed by atoms with Gasteiger partial charge in [0.1, 0.15) is 0 Å². The van der Waals surface area contributed by atoms with Gasteiger partial charge in [0.05, 0.1) is 0 Å². The summed E-state index contributed by atoms with van der Waals surface area (Å²) < 4.78 is 0. The van der Waals surface area contributed by atoms with Crippen molar-refractivity contribution in [2.45, 2.75) is 51.3 Å². The highest BCUT2D eigenvalue weighted by molar-refractivity contribution is 7.99. The van der Waals surface area contributed by atoms with Crippen LogP contribution >= 0.6 is 11.8 Å². The highest BCUT2D eigenvalue weighted by Gasteiger charge is 2.07. The molecule has 0 aliphatic rings. The maximum atomic E-state index is 3.12. The normalized spacial score (nSPS) is 10.2. The van der Waals surface area contributed by atoms with Gasteiger partial charge in [0.25, 0.3) is 0 Å². The third-order valence-corrected chi connectivity index (χ3v) is 4.21. The maximum Gasteiger partial charge on any atom is 0.0256 e. The first kappa shape index (κ1) is 15.2. The van der Waals surface area contributed by atoms with Crippen molar-refractivity contribution >= 4 is 11.8 Å². The van der Waals surface area contributed by atoms with E-state index in [1.54, 1.807) is 0 Å². The molecule has 0 heterocycles. The van der Waals surface area contributed by atoms with Crippen LogP contribution < -0.4 is 0 Å². The molecule has 0 atom stereocenters. The van der Waals surface area contributed by atoms with Gasteiger partial charge in [-0.15, -0.1) is 17.7 Å². The predicted molar refractivity (Wildman–Crippen MR) is 83.0 cm³/mol. The highest BCUT2D eigenvalue weighted by atomic mass is 32.2. The van der Waals surface area contributed by atoms with Crippen LogP contribution in [0.5, 0.6) is 0 Å². The molecule has 0 saturated heterocycles. The summed E-state index contributed by atoms with van der Waals surface area (Å²) in [7, 11) is 0. The molecule has 0 unspecified atom stereocenters. The standard InChI is InChI=1S/C17H24S/c1-4-8-15-11-7-12-17(13-15)18-14-16(9-5-2)10-6-3/h7,11-13,16H,5-6,9-10,14H2,1-3H3. The Balaban J connectivity index is 2.54. The van der Waals surface area contributed by atoms with Crippen LogP contribution in [0.4, 0.5) is 0 Å². The number of rotatable bonds is 7. The van der Waals surface area contributed by atoms with Gasteiger partial charge in [0, 0.05) is 16.2 Å². The van der Waals surface area contributed by atoms with Gasteiger partial charge in [0.2, 0.25) is 0 Å². The molecule has 0 spiro atoms. The Morgan fingerprint density at radius 2 is 1.89 bits per heavy atom. The Bertz CT molecular complexity index is 392. The maximum absolute atomic E-state index is 3.12. The van der Waals surface area contributed by atoms with E-state index in [-0.39, 0.29) is 0 Å². The molecule has 0 aliphatic carbocycles. The number of thioether (sulfide) groups is 1. The Morgan fingerprint density at radius 3 is 2.50 bits per heavy atom. The van der Waals surface area contributed by atoms with Crippen molar-refractivity contribution in [2.75, 3.05) is 5.75 Å². The number of hydrogen-bond acceptors (Lipinski definition) is 1. The van der Waals surface area contributed by atoms with Gasteiger partial charge in [-0.05, 0) is 43.9 Å². The van der Waals surface area contributed by atoms with Crippen LogP contribution in [0.25, 0.3) is 0 Å². The van der Waals surface area contributed by atoms with Crippen molar-refractivity contribution in [3.8, 4) is 11.8 Å². The van der Waals surface area contributed by atoms with Gasteiger partial charge >= 0.3 is 0 Å². The minimum absolute atomic E-state index is 0.867. The minimum Gasteiger partial charge on any atom is -0.126 e. The Labute approximate surface area is 117 Å². The van der Waals surface area contributed by atoms with Crippen LogP contribution in [0.1, 0.15) is 52.0 Å². The molecule has 1 rings (SSSR count). The molecule has 0 N–H and O–H groups in total. The Hall–Kier alpha value is -0.870. The van der Waals surface area contributed by atoms with Gasteiger partial charge in [-0.1, -0.05) is 38.7 Å². The molecule has 0 nitrogen and oxygen atoms in total. The van der Waals surface area contributed by atoms with E-state index < -0.39 is 0 Å². The monoisotopic (exact) mass is 260 g/mol. The molecule has 0 saturated carbocycles. The van der Waals surface area contributed by atoms with E-state index in [2.05, 4.69) is 50.0 Å². The highest BCUT2D eigenvalue weighted by Crippen LogP contribution is 2.25. The molecule has 0 bridgehead atoms. The summed E-state index contributed by atoms with van der Waals surface area (Å²) in [6.07, 6.45) is 5.31. The van der Waals surface area contributed by atoms with E-state index in [9.17, 15) is 0 Å². The molecule has 1 aromatic carbocycles. The van der Waals surface area contributed by atoms with Crippen molar-refractivity contribution in [1.29, 1.82) is 0 Å². The Morgan fingerprint density at radius 1 is 1.17 bits per heavy atom. The first-order chi connectivity index (χ1) is 8.80. The zero-order valence-electron chi connectivity index (χ0n) is 11.8. The smallest absolute Gasteiger partial charge is 0.0256 e. The lowest BCUT2D eigenvalue weighted by molar-refractivity contribution is 0.488. The van der Waals surface area contributed by atoms with Crippen molar-refractivity contribution in [3.63, 3.8) is 0 Å². The fourth-order valence-electron chi connectivity index (χ4n) is 2.15. The van der Waals surface area contributed by atoms with Gasteiger partial charge < -0.3 is 0 Å². The summed E-state index contributed by atoms with van der Waals surface area (Å²) in [6.45, 7) is 6.45. The van der Waals surface area contributed by atoms with E-state index in [1.807, 2.05) is 18.7 Å². The van der Waals surface area contributed by atoms with Crippen LogP contribution in [-0.2, 0) is 0 Å². The molecule has 0 amide bonds. The SMILES string of the molecule is CC#Cc1cccc(SCC(CCC)CCC)c1. The number of hydrogen-bond donors (Lipinski definition) is 0. The molecular weight excluding hydrogens is 236 g/mol. The predicted octanol–water partition coefficient (Wildman–Crippen LogP) is 5.37. The second-order valence-electron chi connectivity index (χ2n) is 4.66. The average Bonchev–Trinajstić information content (AvgIpc) is 2.37. The fourth-order valence-corrected chi connectivity index (χ4v) is 3.30. The average molecular weight is 260 g/mol. The molecule has 1 heteroatoms. The van der Waals surface area contributed by atoms with Crippen LogP contribution in [0.2, 0.25) is 0 Å². The van der Waals surface area contributed by atoms with Gasteiger partial charge in [-0.2, -0.15) is 0 Å². The van der Waals surface area contributed by atoms with E-state index in [4.69, 9.17) is 0 Å². The molecule has 0 aliphatic heterocycles. The zero-order chi connectivity index (χ0) is 13.2. The molecule has 1 aromatic rings. The Kier molecular flexibility index (Phi) is 7.69. The molecule has 0 radical (unpaired) electrons. The second kappa shape index (κ2) is 9.11. The molecule has 0 aromatic heterocycles. The van der Waals surface area contributed by atoms with Gasteiger partial charge in [-0.3, -0.25) is 0 Å². The third-order valence-electron chi connectivity index (χ3n) is 2.98. The molecule has 98 valence electrons. The van der Waals surface area contributed by atoms with Crippen LogP contribution in [0.3, 0.4) is 0 Å². The zero-order valence-corrected chi connectivity index (χ0v) is 12.6. The lowest BCUT2D eigenvalue weighted by Crippen LogP contribution is -2.02. The van der Waals surface area contributed by atoms with Gasteiger partial charge in [-0.25, -0.2) is 0 Å². The lowest BCUT2D eigenvalue weighted by atomic mass is 10.0. The van der Waals surface area contributed by atoms with Gasteiger partial charge in [0.15, 0.2) is 0 Å². The summed E-state index contributed by atoms with van der Waals surface area (Å²) in [5.74, 6) is 8.19. The van der Waals surface area contributed by atoms with Crippen molar-refractivity contribution < 1.29 is 0 Å². The van der Waals surface area contributed by atoms with E-state index in [0.29, 0.717) is 0 Å². The molecule has 0 fully saturated rings. The summed E-state index contributed by atoms with van der Waals surface area (Å²) in [6, 6.07) is 8.59. The van der Waals surface area contributed by atoms with E-state index in [0.717, 1.165) is 11.5 Å². The quantitative estimate of drug-likeness (QED) is 0.469. The first-order valence-electron chi connectivity index (χ1n) is 6.95. The minimum atomic E-state index is 0.867.